The van der Waals surface area contributed by atoms with Gasteiger partial charge in [0.05, 0.1) is 35.2 Å². The predicted octanol–water partition coefficient (Wildman–Crippen LogP) is 6.66. The highest BCUT2D eigenvalue weighted by molar-refractivity contribution is 7.71. The Balaban J connectivity index is 0.868. The number of fused-ring (bicyclic) bond motifs is 1. The lowest BCUT2D eigenvalue weighted by Crippen LogP contribution is -2.53. The van der Waals surface area contributed by atoms with Gasteiger partial charge in [0.1, 0.15) is 35.9 Å². The smallest absolute Gasteiger partial charge is 0.234 e. The molecule has 2 amide bonds. The Bertz CT molecular complexity index is 2550. The third kappa shape index (κ3) is 9.68. The van der Waals surface area contributed by atoms with Crippen LogP contribution in [0.15, 0.2) is 55.0 Å². The molecule has 0 saturated carbocycles. The summed E-state index contributed by atoms with van der Waals surface area (Å²) in [6, 6.07) is 11.1. The average molecular weight is 881 g/mol. The lowest BCUT2D eigenvalue weighted by molar-refractivity contribution is -0.134. The Kier molecular flexibility index (Phi) is 13.0. The molecule has 2 aromatic heterocycles. The number of anilines is 5. The number of amides is 2. The number of carbonyl (C=O) groups excluding carboxylic acids is 2. The van der Waals surface area contributed by atoms with E-state index >= 15 is 8.78 Å². The second kappa shape index (κ2) is 18.6. The molecule has 3 aliphatic rings. The molecule has 0 bridgehead atoms. The fraction of sp³-hybridized carbons (Fsp3) is 0.435. The molecule has 3 N–H and O–H groups in total. The fourth-order valence-corrected chi connectivity index (χ4v) is 10.6. The number of ether oxygens (including phenoxy) is 1. The van der Waals surface area contributed by atoms with E-state index in [1.54, 1.807) is 39.0 Å². The highest BCUT2D eigenvalue weighted by Crippen LogP contribution is 2.42. The lowest BCUT2D eigenvalue weighted by Gasteiger charge is -2.43. The van der Waals surface area contributed by atoms with Crippen molar-refractivity contribution in [2.45, 2.75) is 64.3 Å². The zero-order chi connectivity index (χ0) is 44.4. The van der Waals surface area contributed by atoms with Gasteiger partial charge in [0.15, 0.2) is 0 Å². The minimum atomic E-state index is -2.77. The van der Waals surface area contributed by atoms with Crippen LogP contribution in [0.2, 0.25) is 0 Å². The van der Waals surface area contributed by atoms with Crippen molar-refractivity contribution in [2.75, 3.05) is 81.8 Å². The first-order chi connectivity index (χ1) is 30.3. The normalized spacial score (nSPS) is 18.1. The summed E-state index contributed by atoms with van der Waals surface area (Å²) in [7, 11) is -1.10. The number of hydrogen-bond donors (Lipinski definition) is 3. The number of nitrogens with one attached hydrogen (secondary N) is 3. The third-order valence-electron chi connectivity index (χ3n) is 12.6. The van der Waals surface area contributed by atoms with Gasteiger partial charge in [0, 0.05) is 99.7 Å². The monoisotopic (exact) mass is 880 g/mol. The van der Waals surface area contributed by atoms with Crippen molar-refractivity contribution in [1.29, 1.82) is 0 Å². The SMILES string of the molecule is CCc1cc(Nc2ncc(C)c(Nc3ccc4nccnc4c3P(C)(C)=O)n2)c(OC)cc1N1CCC(N2CCN(CCc3cc(F)c([C@@H]4CCC(=O)NC4=O)c(F)c3)CC2)CC1. The summed E-state index contributed by atoms with van der Waals surface area (Å²) in [6.07, 6.45) is 8.54. The molecule has 5 heterocycles. The number of carbonyl (C=O) groups is 2. The van der Waals surface area contributed by atoms with Gasteiger partial charge in [-0.25, -0.2) is 13.8 Å². The molecule has 3 aromatic carbocycles. The van der Waals surface area contributed by atoms with E-state index in [9.17, 15) is 14.2 Å². The molecule has 3 fully saturated rings. The molecular weight excluding hydrogens is 826 g/mol. The van der Waals surface area contributed by atoms with Crippen LogP contribution in [0, 0.1) is 18.6 Å². The second-order valence-electron chi connectivity index (χ2n) is 17.1. The van der Waals surface area contributed by atoms with Crippen LogP contribution in [0.5, 0.6) is 5.75 Å². The summed E-state index contributed by atoms with van der Waals surface area (Å²) >= 11 is 0. The number of aromatic nitrogens is 4. The van der Waals surface area contributed by atoms with E-state index in [0.717, 1.165) is 75.5 Å². The van der Waals surface area contributed by atoms with Crippen LogP contribution in [0.25, 0.3) is 11.0 Å². The van der Waals surface area contributed by atoms with E-state index in [-0.39, 0.29) is 18.4 Å². The molecule has 14 nitrogen and oxygen atoms in total. The van der Waals surface area contributed by atoms with Gasteiger partial charge in [-0.1, -0.05) is 6.92 Å². The Morgan fingerprint density at radius 2 is 1.63 bits per heavy atom. The van der Waals surface area contributed by atoms with Gasteiger partial charge >= 0.3 is 0 Å². The number of aryl methyl sites for hydroxylation is 2. The molecule has 0 unspecified atom stereocenters. The summed E-state index contributed by atoms with van der Waals surface area (Å²) < 4.78 is 49.7. The molecule has 1 atom stereocenters. The first-order valence-electron chi connectivity index (χ1n) is 21.7. The van der Waals surface area contributed by atoms with Crippen molar-refractivity contribution < 1.29 is 27.7 Å². The molecule has 3 saturated heterocycles. The summed E-state index contributed by atoms with van der Waals surface area (Å²) in [4.78, 5) is 49.5. The van der Waals surface area contributed by atoms with Crippen molar-refractivity contribution in [1.82, 2.24) is 35.1 Å². The van der Waals surface area contributed by atoms with Crippen molar-refractivity contribution in [2.24, 2.45) is 0 Å². The summed E-state index contributed by atoms with van der Waals surface area (Å²) in [5.74, 6) is -1.88. The number of piperazine rings is 1. The van der Waals surface area contributed by atoms with Crippen LogP contribution in [0.3, 0.4) is 0 Å². The predicted molar refractivity (Wildman–Crippen MR) is 243 cm³/mol. The highest BCUT2D eigenvalue weighted by Gasteiger charge is 2.33. The molecule has 8 rings (SSSR count). The number of methoxy groups -OCH3 is 1. The minimum Gasteiger partial charge on any atom is -0.494 e. The number of piperidine rings is 2. The maximum absolute atomic E-state index is 15.1. The number of imide groups is 1. The van der Waals surface area contributed by atoms with Crippen molar-refractivity contribution in [3.05, 3.63) is 88.9 Å². The first kappa shape index (κ1) is 44.1. The molecule has 332 valence electrons. The number of halogens is 2. The number of hydrogen-bond acceptors (Lipinski definition) is 13. The van der Waals surface area contributed by atoms with Gasteiger partial charge < -0.3 is 29.7 Å². The van der Waals surface area contributed by atoms with Crippen LogP contribution in [-0.2, 0) is 27.0 Å². The van der Waals surface area contributed by atoms with Gasteiger partial charge in [-0.05, 0) is 93.8 Å². The molecule has 0 spiro atoms. The van der Waals surface area contributed by atoms with Gasteiger partial charge in [-0.3, -0.25) is 29.8 Å². The molecule has 0 radical (unpaired) electrons. The molecule has 63 heavy (non-hydrogen) atoms. The summed E-state index contributed by atoms with van der Waals surface area (Å²) in [5, 5.41) is 9.62. The molecule has 3 aliphatic heterocycles. The van der Waals surface area contributed by atoms with Gasteiger partial charge in [-0.15, -0.1) is 0 Å². The number of nitrogens with zero attached hydrogens (tertiary/aromatic N) is 7. The lowest BCUT2D eigenvalue weighted by atomic mass is 9.89. The first-order valence-corrected chi connectivity index (χ1v) is 24.3. The van der Waals surface area contributed by atoms with Crippen LogP contribution < -0.4 is 30.9 Å². The van der Waals surface area contributed by atoms with Crippen LogP contribution in [-0.4, -0.2) is 114 Å². The maximum Gasteiger partial charge on any atom is 0.234 e. The minimum absolute atomic E-state index is 0.0645. The second-order valence-corrected chi connectivity index (χ2v) is 20.2. The Morgan fingerprint density at radius 3 is 2.32 bits per heavy atom. The number of rotatable bonds is 13. The zero-order valence-electron chi connectivity index (χ0n) is 36.5. The van der Waals surface area contributed by atoms with Crippen molar-refractivity contribution >= 4 is 64.1 Å². The topological polar surface area (TPSA) is 158 Å². The van der Waals surface area contributed by atoms with E-state index in [0.29, 0.717) is 64.1 Å². The van der Waals surface area contributed by atoms with E-state index < -0.39 is 36.5 Å². The molecular formula is C46H55F2N10O4P. The Morgan fingerprint density at radius 1 is 0.905 bits per heavy atom. The van der Waals surface area contributed by atoms with E-state index in [4.69, 9.17) is 9.72 Å². The molecule has 0 aliphatic carbocycles. The van der Waals surface area contributed by atoms with Crippen molar-refractivity contribution in [3.63, 3.8) is 0 Å². The molecule has 5 aromatic rings. The van der Waals surface area contributed by atoms with Gasteiger partial charge in [0.25, 0.3) is 0 Å². The Labute approximate surface area is 366 Å². The Hall–Kier alpha value is -5.57. The van der Waals surface area contributed by atoms with E-state index in [1.165, 1.54) is 17.7 Å². The van der Waals surface area contributed by atoms with Gasteiger partial charge in [0.2, 0.25) is 17.8 Å². The summed E-state index contributed by atoms with van der Waals surface area (Å²) in [5.41, 5.74) is 6.16. The third-order valence-corrected chi connectivity index (χ3v) is 14.1. The van der Waals surface area contributed by atoms with Crippen molar-refractivity contribution in [3.8, 4) is 5.75 Å². The summed E-state index contributed by atoms with van der Waals surface area (Å²) in [6.45, 7) is 13.7. The fourth-order valence-electron chi connectivity index (χ4n) is 9.20. The van der Waals surface area contributed by atoms with Crippen LogP contribution in [0.1, 0.15) is 60.8 Å². The average Bonchev–Trinajstić information content (AvgIpc) is 3.27. The quantitative estimate of drug-likeness (QED) is 0.0853. The zero-order valence-corrected chi connectivity index (χ0v) is 37.4. The highest BCUT2D eigenvalue weighted by atomic mass is 31.2. The molecule has 17 heteroatoms. The standard InChI is InChI=1S/C46H55F2N10O4P/c1-6-30-25-37(53-46-51-27-28(2)44(55-46)52-36-9-8-35-42(50-15-14-49-35)43(36)63(4,5)61)39(62-3)26-38(30)58-17-12-31(13-18-58)57-21-19-56(20-22-57)16-11-29-23-33(47)41(34(48)24-29)32-7-10-40(59)54-45(32)60/h8-9,14-15,23-27,31-32H,6-7,10-13,16-22H2,1-5H3,(H,54,59,60)(H2,51,52,53,55)/t32-/m0/s1. The van der Waals surface area contributed by atoms with Crippen LogP contribution >= 0.6 is 7.14 Å². The van der Waals surface area contributed by atoms with Crippen LogP contribution in [0.4, 0.5) is 37.6 Å². The number of benzene rings is 3. The van der Waals surface area contributed by atoms with Gasteiger partial charge in [-0.2, -0.15) is 4.98 Å². The van der Waals surface area contributed by atoms with E-state index in [2.05, 4.69) is 64.7 Å². The maximum atomic E-state index is 15.1. The largest absolute Gasteiger partial charge is 0.494 e. The van der Waals surface area contributed by atoms with E-state index in [1.807, 2.05) is 19.1 Å².